The first kappa shape index (κ1) is 12.6. The second-order valence-corrected chi connectivity index (χ2v) is 4.60. The highest BCUT2D eigenvalue weighted by Crippen LogP contribution is 2.24. The molecule has 1 aliphatic heterocycles. The van der Waals surface area contributed by atoms with Crippen molar-refractivity contribution in [3.05, 3.63) is 29.8 Å². The molecule has 1 amide bonds. The van der Waals surface area contributed by atoms with Crippen molar-refractivity contribution in [1.82, 2.24) is 0 Å². The van der Waals surface area contributed by atoms with Crippen LogP contribution in [0.2, 0.25) is 0 Å². The standard InChI is InChI=1S/C14H17NO3/c1-2-10-3-6-12(7-4-10)15-9-11(14(17)18)5-8-13(15)16/h3-4,6-7,11H,2,5,8-9H2,1H3,(H,17,18). The van der Waals surface area contributed by atoms with E-state index in [0.717, 1.165) is 12.1 Å². The zero-order valence-corrected chi connectivity index (χ0v) is 10.4. The number of amides is 1. The number of carboxylic acids is 1. The Morgan fingerprint density at radius 2 is 2.06 bits per heavy atom. The first-order valence-electron chi connectivity index (χ1n) is 6.24. The summed E-state index contributed by atoms with van der Waals surface area (Å²) in [4.78, 5) is 24.4. The molecular formula is C14H17NO3. The van der Waals surface area contributed by atoms with E-state index >= 15 is 0 Å². The van der Waals surface area contributed by atoms with Gasteiger partial charge < -0.3 is 10.0 Å². The number of nitrogens with zero attached hydrogens (tertiary/aromatic N) is 1. The van der Waals surface area contributed by atoms with Gasteiger partial charge in [-0.1, -0.05) is 19.1 Å². The Morgan fingerprint density at radius 1 is 1.39 bits per heavy atom. The summed E-state index contributed by atoms with van der Waals surface area (Å²) in [7, 11) is 0. The molecule has 1 N–H and O–H groups in total. The summed E-state index contributed by atoms with van der Waals surface area (Å²) >= 11 is 0. The minimum absolute atomic E-state index is 0.0109. The third-order valence-corrected chi connectivity index (χ3v) is 3.42. The average molecular weight is 247 g/mol. The Labute approximate surface area is 106 Å². The van der Waals surface area contributed by atoms with Gasteiger partial charge in [0.05, 0.1) is 5.92 Å². The van der Waals surface area contributed by atoms with Crippen LogP contribution in [0.4, 0.5) is 5.69 Å². The SMILES string of the molecule is CCc1ccc(N2CC(C(=O)O)CCC2=O)cc1. The lowest BCUT2D eigenvalue weighted by atomic mass is 9.97. The van der Waals surface area contributed by atoms with Gasteiger partial charge in [0.2, 0.25) is 5.91 Å². The zero-order chi connectivity index (χ0) is 13.1. The summed E-state index contributed by atoms with van der Waals surface area (Å²) in [6.45, 7) is 2.35. The number of carbonyl (C=O) groups is 2. The monoisotopic (exact) mass is 247 g/mol. The van der Waals surface area contributed by atoms with Crippen molar-refractivity contribution >= 4 is 17.6 Å². The smallest absolute Gasteiger partial charge is 0.308 e. The van der Waals surface area contributed by atoms with E-state index in [2.05, 4.69) is 6.92 Å². The second kappa shape index (κ2) is 5.21. The lowest BCUT2D eigenvalue weighted by Crippen LogP contribution is -2.42. The predicted molar refractivity (Wildman–Crippen MR) is 68.5 cm³/mol. The summed E-state index contributed by atoms with van der Waals surface area (Å²) in [5.74, 6) is -1.26. The molecule has 1 unspecified atom stereocenters. The summed E-state index contributed by atoms with van der Waals surface area (Å²) in [5, 5.41) is 9.03. The Balaban J connectivity index is 2.18. The van der Waals surface area contributed by atoms with Gasteiger partial charge in [0.1, 0.15) is 0 Å². The Bertz CT molecular complexity index is 453. The van der Waals surface area contributed by atoms with Crippen LogP contribution in [0.3, 0.4) is 0 Å². The molecule has 1 aromatic rings. The van der Waals surface area contributed by atoms with Crippen molar-refractivity contribution in [2.24, 2.45) is 5.92 Å². The topological polar surface area (TPSA) is 57.6 Å². The third-order valence-electron chi connectivity index (χ3n) is 3.42. The van der Waals surface area contributed by atoms with Gasteiger partial charge in [0.15, 0.2) is 0 Å². The van der Waals surface area contributed by atoms with E-state index < -0.39 is 11.9 Å². The molecule has 1 aromatic carbocycles. The maximum atomic E-state index is 11.9. The van der Waals surface area contributed by atoms with E-state index in [-0.39, 0.29) is 12.5 Å². The average Bonchev–Trinajstić information content (AvgIpc) is 2.39. The number of carbonyl (C=O) groups excluding carboxylic acids is 1. The minimum atomic E-state index is -0.822. The lowest BCUT2D eigenvalue weighted by Gasteiger charge is -2.30. The van der Waals surface area contributed by atoms with Gasteiger partial charge in [-0.15, -0.1) is 0 Å². The molecule has 1 heterocycles. The second-order valence-electron chi connectivity index (χ2n) is 4.60. The van der Waals surface area contributed by atoms with Crippen molar-refractivity contribution in [3.63, 3.8) is 0 Å². The fourth-order valence-electron chi connectivity index (χ4n) is 2.21. The molecule has 2 rings (SSSR count). The van der Waals surface area contributed by atoms with Crippen molar-refractivity contribution in [1.29, 1.82) is 0 Å². The van der Waals surface area contributed by atoms with Crippen LogP contribution in [0.25, 0.3) is 0 Å². The van der Waals surface area contributed by atoms with Crippen LogP contribution in [-0.4, -0.2) is 23.5 Å². The molecule has 18 heavy (non-hydrogen) atoms. The number of aryl methyl sites for hydroxylation is 1. The molecule has 0 spiro atoms. The van der Waals surface area contributed by atoms with Crippen molar-refractivity contribution in [2.45, 2.75) is 26.2 Å². The van der Waals surface area contributed by atoms with Gasteiger partial charge >= 0.3 is 5.97 Å². The molecule has 1 atom stereocenters. The summed E-state index contributed by atoms with van der Waals surface area (Å²) in [5.41, 5.74) is 2.00. The molecule has 0 aliphatic carbocycles. The fourth-order valence-corrected chi connectivity index (χ4v) is 2.21. The molecule has 1 fully saturated rings. The summed E-state index contributed by atoms with van der Waals surface area (Å²) in [6.07, 6.45) is 1.70. The number of rotatable bonds is 3. The number of hydrogen-bond acceptors (Lipinski definition) is 2. The van der Waals surface area contributed by atoms with E-state index in [9.17, 15) is 9.59 Å². The predicted octanol–water partition coefficient (Wildman–Crippen LogP) is 2.08. The molecule has 0 aromatic heterocycles. The molecule has 0 saturated carbocycles. The Morgan fingerprint density at radius 3 is 2.61 bits per heavy atom. The number of hydrogen-bond donors (Lipinski definition) is 1. The van der Waals surface area contributed by atoms with Gasteiger partial charge in [0, 0.05) is 18.7 Å². The zero-order valence-electron chi connectivity index (χ0n) is 10.4. The lowest BCUT2D eigenvalue weighted by molar-refractivity contribution is -0.142. The number of piperidine rings is 1. The summed E-state index contributed by atoms with van der Waals surface area (Å²) in [6, 6.07) is 7.74. The van der Waals surface area contributed by atoms with Crippen LogP contribution in [0, 0.1) is 5.92 Å². The third kappa shape index (κ3) is 2.53. The van der Waals surface area contributed by atoms with Crippen molar-refractivity contribution < 1.29 is 14.7 Å². The van der Waals surface area contributed by atoms with Gasteiger partial charge in [0.25, 0.3) is 0 Å². The molecule has 0 radical (unpaired) electrons. The number of aliphatic carboxylic acids is 1. The van der Waals surface area contributed by atoms with Gasteiger partial charge in [-0.2, -0.15) is 0 Å². The van der Waals surface area contributed by atoms with Crippen LogP contribution >= 0.6 is 0 Å². The van der Waals surface area contributed by atoms with Crippen LogP contribution in [-0.2, 0) is 16.0 Å². The van der Waals surface area contributed by atoms with Gasteiger partial charge in [-0.25, -0.2) is 0 Å². The van der Waals surface area contributed by atoms with E-state index in [1.807, 2.05) is 24.3 Å². The van der Waals surface area contributed by atoms with Crippen molar-refractivity contribution in [3.8, 4) is 0 Å². The number of benzene rings is 1. The van der Waals surface area contributed by atoms with Crippen LogP contribution in [0.5, 0.6) is 0 Å². The maximum absolute atomic E-state index is 11.9. The van der Waals surface area contributed by atoms with E-state index in [0.29, 0.717) is 12.8 Å². The summed E-state index contributed by atoms with van der Waals surface area (Å²) < 4.78 is 0. The highest BCUT2D eigenvalue weighted by molar-refractivity contribution is 5.95. The van der Waals surface area contributed by atoms with Crippen molar-refractivity contribution in [2.75, 3.05) is 11.4 Å². The van der Waals surface area contributed by atoms with Crippen LogP contribution in [0.15, 0.2) is 24.3 Å². The normalized spacial score (nSPS) is 19.9. The fraction of sp³-hybridized carbons (Fsp3) is 0.429. The molecule has 1 saturated heterocycles. The number of anilines is 1. The first-order chi connectivity index (χ1) is 8.61. The Kier molecular flexibility index (Phi) is 3.65. The first-order valence-corrected chi connectivity index (χ1v) is 6.24. The molecule has 1 aliphatic rings. The molecule has 4 heteroatoms. The largest absolute Gasteiger partial charge is 0.481 e. The van der Waals surface area contributed by atoms with E-state index in [1.165, 1.54) is 5.56 Å². The minimum Gasteiger partial charge on any atom is -0.481 e. The quantitative estimate of drug-likeness (QED) is 0.889. The highest BCUT2D eigenvalue weighted by atomic mass is 16.4. The maximum Gasteiger partial charge on any atom is 0.308 e. The number of carboxylic acid groups (broad SMARTS) is 1. The van der Waals surface area contributed by atoms with E-state index in [1.54, 1.807) is 4.90 Å². The Hall–Kier alpha value is -1.84. The molecule has 0 bridgehead atoms. The van der Waals surface area contributed by atoms with E-state index in [4.69, 9.17) is 5.11 Å². The molecular weight excluding hydrogens is 230 g/mol. The van der Waals surface area contributed by atoms with Gasteiger partial charge in [-0.05, 0) is 30.5 Å². The highest BCUT2D eigenvalue weighted by Gasteiger charge is 2.30. The van der Waals surface area contributed by atoms with Crippen LogP contribution in [0.1, 0.15) is 25.3 Å². The molecule has 4 nitrogen and oxygen atoms in total. The molecule has 96 valence electrons. The van der Waals surface area contributed by atoms with Gasteiger partial charge in [-0.3, -0.25) is 9.59 Å². The van der Waals surface area contributed by atoms with Crippen LogP contribution < -0.4 is 4.90 Å².